The molecule has 24 heavy (non-hydrogen) atoms. The third-order valence-corrected chi connectivity index (χ3v) is 4.19. The molecule has 3 aromatic rings. The lowest BCUT2D eigenvalue weighted by Gasteiger charge is -2.23. The van der Waals surface area contributed by atoms with Crippen molar-refractivity contribution in [3.05, 3.63) is 108 Å². The molecule has 0 fully saturated rings. The van der Waals surface area contributed by atoms with Gasteiger partial charge < -0.3 is 5.11 Å². The Balaban J connectivity index is 1.87. The number of benzene rings is 3. The fourth-order valence-electron chi connectivity index (χ4n) is 3.01. The van der Waals surface area contributed by atoms with E-state index in [4.69, 9.17) is 0 Å². The molecule has 3 rings (SSSR count). The highest BCUT2D eigenvalue weighted by Crippen LogP contribution is 2.30. The summed E-state index contributed by atoms with van der Waals surface area (Å²) >= 11 is 0. The van der Waals surface area contributed by atoms with Crippen LogP contribution in [0.4, 0.5) is 0 Å². The molecule has 0 aromatic heterocycles. The summed E-state index contributed by atoms with van der Waals surface area (Å²) in [5.41, 5.74) is 2.66. The van der Waals surface area contributed by atoms with Gasteiger partial charge in [-0.2, -0.15) is 0 Å². The van der Waals surface area contributed by atoms with E-state index in [0.29, 0.717) is 5.56 Å². The average Bonchev–Trinajstić information content (AvgIpc) is 2.64. The summed E-state index contributed by atoms with van der Waals surface area (Å²) in [6, 6.07) is 28.8. The lowest BCUT2D eigenvalue weighted by atomic mass is 9.84. The number of Topliss-reactive ketones (excluding diaryl/α,β-unsaturated/α-hetero) is 1. The van der Waals surface area contributed by atoms with Crippen LogP contribution in [0.5, 0.6) is 0 Å². The minimum absolute atomic E-state index is 0.0417. The van der Waals surface area contributed by atoms with E-state index in [1.165, 1.54) is 0 Å². The second-order valence-corrected chi connectivity index (χ2v) is 5.86. The standard InChI is InChI=1S/C22H20O2/c23-20(17-10-4-1-5-11-17)16-21(24)22(18-12-6-2-7-13-18)19-14-8-3-9-15-19/h1-15,21-22,24H,16H2/t21-/m1/s1. The maximum atomic E-state index is 12.5. The van der Waals surface area contributed by atoms with Gasteiger partial charge in [0, 0.05) is 17.9 Å². The Morgan fingerprint density at radius 1 is 0.708 bits per heavy atom. The van der Waals surface area contributed by atoms with Crippen LogP contribution >= 0.6 is 0 Å². The van der Waals surface area contributed by atoms with Gasteiger partial charge in [0.25, 0.3) is 0 Å². The van der Waals surface area contributed by atoms with Crippen LogP contribution in [-0.4, -0.2) is 17.0 Å². The first-order valence-electron chi connectivity index (χ1n) is 8.12. The van der Waals surface area contributed by atoms with Crippen LogP contribution < -0.4 is 0 Å². The first-order chi connectivity index (χ1) is 11.8. The topological polar surface area (TPSA) is 37.3 Å². The van der Waals surface area contributed by atoms with Gasteiger partial charge in [-0.25, -0.2) is 0 Å². The Labute approximate surface area is 142 Å². The van der Waals surface area contributed by atoms with Gasteiger partial charge in [-0.1, -0.05) is 91.0 Å². The van der Waals surface area contributed by atoms with Crippen LogP contribution in [0.3, 0.4) is 0 Å². The molecule has 0 bridgehead atoms. The monoisotopic (exact) mass is 316 g/mol. The van der Waals surface area contributed by atoms with Crippen molar-refractivity contribution in [2.24, 2.45) is 0 Å². The molecule has 0 amide bonds. The summed E-state index contributed by atoms with van der Waals surface area (Å²) < 4.78 is 0. The van der Waals surface area contributed by atoms with Crippen molar-refractivity contribution in [1.82, 2.24) is 0 Å². The van der Waals surface area contributed by atoms with Crippen molar-refractivity contribution in [3.63, 3.8) is 0 Å². The van der Waals surface area contributed by atoms with Crippen molar-refractivity contribution >= 4 is 5.78 Å². The summed E-state index contributed by atoms with van der Waals surface area (Å²) in [6.07, 6.45) is -0.680. The zero-order valence-corrected chi connectivity index (χ0v) is 13.4. The van der Waals surface area contributed by atoms with E-state index in [2.05, 4.69) is 0 Å². The van der Waals surface area contributed by atoms with Crippen molar-refractivity contribution in [1.29, 1.82) is 0 Å². The van der Waals surface area contributed by atoms with Gasteiger partial charge in [0.05, 0.1) is 6.10 Å². The number of aliphatic hydroxyl groups excluding tert-OH is 1. The SMILES string of the molecule is O=C(C[C@@H](O)C(c1ccccc1)c1ccccc1)c1ccccc1. The Kier molecular flexibility index (Phi) is 5.19. The molecule has 1 atom stereocenters. The molecule has 0 aliphatic rings. The van der Waals surface area contributed by atoms with Gasteiger partial charge in [-0.05, 0) is 11.1 Å². The lowest BCUT2D eigenvalue weighted by Crippen LogP contribution is -2.23. The van der Waals surface area contributed by atoms with E-state index in [0.717, 1.165) is 11.1 Å². The summed E-state index contributed by atoms with van der Waals surface area (Å²) in [6.45, 7) is 0. The van der Waals surface area contributed by atoms with Gasteiger partial charge in [0.2, 0.25) is 0 Å². The zero-order chi connectivity index (χ0) is 16.8. The fourth-order valence-corrected chi connectivity index (χ4v) is 3.01. The van der Waals surface area contributed by atoms with Crippen LogP contribution in [-0.2, 0) is 0 Å². The molecule has 0 saturated carbocycles. The third kappa shape index (κ3) is 3.79. The smallest absolute Gasteiger partial charge is 0.165 e. The lowest BCUT2D eigenvalue weighted by molar-refractivity contribution is 0.0856. The Hall–Kier alpha value is -2.71. The van der Waals surface area contributed by atoms with Crippen molar-refractivity contribution in [2.45, 2.75) is 18.4 Å². The van der Waals surface area contributed by atoms with Crippen molar-refractivity contribution in [2.75, 3.05) is 0 Å². The Bertz CT molecular complexity index is 727. The second-order valence-electron chi connectivity index (χ2n) is 5.86. The van der Waals surface area contributed by atoms with Crippen LogP contribution in [0.25, 0.3) is 0 Å². The van der Waals surface area contributed by atoms with E-state index in [9.17, 15) is 9.90 Å². The molecular formula is C22H20O2. The van der Waals surface area contributed by atoms with Gasteiger partial charge >= 0.3 is 0 Å². The second kappa shape index (κ2) is 7.71. The summed E-state index contributed by atoms with van der Waals surface area (Å²) in [5, 5.41) is 10.8. The van der Waals surface area contributed by atoms with E-state index in [1.54, 1.807) is 12.1 Å². The maximum Gasteiger partial charge on any atom is 0.165 e. The minimum Gasteiger partial charge on any atom is -0.392 e. The normalized spacial score (nSPS) is 12.1. The molecule has 0 aliphatic heterocycles. The molecule has 0 unspecified atom stereocenters. The quantitative estimate of drug-likeness (QED) is 0.682. The molecule has 0 spiro atoms. The minimum atomic E-state index is -0.775. The predicted octanol–water partition coefficient (Wildman–Crippen LogP) is 4.45. The van der Waals surface area contributed by atoms with Crippen molar-refractivity contribution < 1.29 is 9.90 Å². The highest BCUT2D eigenvalue weighted by atomic mass is 16.3. The fraction of sp³-hybridized carbons (Fsp3) is 0.136. The molecule has 0 radical (unpaired) electrons. The van der Waals surface area contributed by atoms with E-state index < -0.39 is 6.10 Å². The van der Waals surface area contributed by atoms with Gasteiger partial charge in [-0.3, -0.25) is 4.79 Å². The zero-order valence-electron chi connectivity index (χ0n) is 13.4. The number of rotatable bonds is 6. The molecule has 0 heterocycles. The van der Waals surface area contributed by atoms with E-state index >= 15 is 0 Å². The largest absolute Gasteiger partial charge is 0.392 e. The Morgan fingerprint density at radius 2 is 1.12 bits per heavy atom. The molecule has 3 aromatic carbocycles. The number of carbonyl (C=O) groups excluding carboxylic acids is 1. The Morgan fingerprint density at radius 3 is 1.58 bits per heavy atom. The summed E-state index contributed by atoms with van der Waals surface area (Å²) in [4.78, 5) is 12.5. The molecule has 0 aliphatic carbocycles. The van der Waals surface area contributed by atoms with Gasteiger partial charge in [0.15, 0.2) is 5.78 Å². The third-order valence-electron chi connectivity index (χ3n) is 4.19. The number of carbonyl (C=O) groups is 1. The number of ketones is 1. The highest BCUT2D eigenvalue weighted by Gasteiger charge is 2.25. The first kappa shape index (κ1) is 16.2. The van der Waals surface area contributed by atoms with Crippen LogP contribution in [0.2, 0.25) is 0 Å². The van der Waals surface area contributed by atoms with Crippen LogP contribution in [0, 0.1) is 0 Å². The molecule has 1 N–H and O–H groups in total. The molecule has 2 heteroatoms. The van der Waals surface area contributed by atoms with Crippen molar-refractivity contribution in [3.8, 4) is 0 Å². The number of hydrogen-bond donors (Lipinski definition) is 1. The average molecular weight is 316 g/mol. The maximum absolute atomic E-state index is 12.5. The molecule has 2 nitrogen and oxygen atoms in total. The van der Waals surface area contributed by atoms with Gasteiger partial charge in [0.1, 0.15) is 0 Å². The highest BCUT2D eigenvalue weighted by molar-refractivity contribution is 5.96. The van der Waals surface area contributed by atoms with Crippen LogP contribution in [0.15, 0.2) is 91.0 Å². The molecule has 0 saturated heterocycles. The number of aliphatic hydroxyl groups is 1. The number of hydrogen-bond acceptors (Lipinski definition) is 2. The van der Waals surface area contributed by atoms with Crippen LogP contribution in [0.1, 0.15) is 33.8 Å². The summed E-state index contributed by atoms with van der Waals surface area (Å²) in [5.74, 6) is -0.264. The summed E-state index contributed by atoms with van der Waals surface area (Å²) in [7, 11) is 0. The first-order valence-corrected chi connectivity index (χ1v) is 8.12. The van der Waals surface area contributed by atoms with E-state index in [-0.39, 0.29) is 18.1 Å². The molecule has 120 valence electrons. The molecular weight excluding hydrogens is 296 g/mol. The predicted molar refractivity (Wildman–Crippen MR) is 96.1 cm³/mol. The van der Waals surface area contributed by atoms with Gasteiger partial charge in [-0.15, -0.1) is 0 Å². The van der Waals surface area contributed by atoms with E-state index in [1.807, 2.05) is 78.9 Å².